The molecule has 0 radical (unpaired) electrons. The van der Waals surface area contributed by atoms with Crippen LogP contribution in [0.2, 0.25) is 0 Å². The fourth-order valence-corrected chi connectivity index (χ4v) is 5.05. The molecule has 25 heavy (non-hydrogen) atoms. The molecule has 4 nitrogen and oxygen atoms in total. The van der Waals surface area contributed by atoms with Crippen molar-refractivity contribution < 1.29 is 4.79 Å². The number of hydrogen-bond acceptors (Lipinski definition) is 4. The summed E-state index contributed by atoms with van der Waals surface area (Å²) >= 11 is 1.67. The van der Waals surface area contributed by atoms with Crippen molar-refractivity contribution in [3.05, 3.63) is 51.3 Å². The van der Waals surface area contributed by atoms with Gasteiger partial charge >= 0.3 is 5.69 Å². The highest BCUT2D eigenvalue weighted by Gasteiger charge is 2.25. The van der Waals surface area contributed by atoms with Crippen LogP contribution in [0, 0.1) is 0 Å². The topological polar surface area (TPSA) is 52.0 Å². The van der Waals surface area contributed by atoms with Crippen LogP contribution in [0.4, 0.5) is 0 Å². The molecule has 0 saturated carbocycles. The number of aryl methyl sites for hydroxylation is 2. The van der Waals surface area contributed by atoms with E-state index in [2.05, 4.69) is 4.98 Å². The molecule has 4 rings (SSSR count). The zero-order valence-electron chi connectivity index (χ0n) is 14.4. The number of carbonyl (C=O) groups is 1. The van der Waals surface area contributed by atoms with E-state index in [0.29, 0.717) is 0 Å². The van der Waals surface area contributed by atoms with Gasteiger partial charge in [-0.25, -0.2) is 4.79 Å². The van der Waals surface area contributed by atoms with Crippen molar-refractivity contribution in [3.63, 3.8) is 0 Å². The lowest BCUT2D eigenvalue weighted by Gasteiger charge is -2.15. The van der Waals surface area contributed by atoms with Crippen molar-refractivity contribution >= 4 is 27.3 Å². The first-order valence-corrected chi connectivity index (χ1v) is 9.52. The minimum Gasteiger partial charge on any atom is -0.298 e. The van der Waals surface area contributed by atoms with Crippen molar-refractivity contribution in [1.82, 2.24) is 9.55 Å². The van der Waals surface area contributed by atoms with Crippen LogP contribution >= 0.6 is 11.3 Å². The molecule has 1 aromatic carbocycles. The lowest BCUT2D eigenvalue weighted by atomic mass is 9.95. The van der Waals surface area contributed by atoms with Crippen LogP contribution in [0.25, 0.3) is 21.5 Å². The van der Waals surface area contributed by atoms with E-state index < -0.39 is 6.04 Å². The smallest absolute Gasteiger partial charge is 0.298 e. The van der Waals surface area contributed by atoms with Gasteiger partial charge in [-0.15, -0.1) is 11.3 Å². The number of ketones is 1. The Labute approximate surface area is 150 Å². The monoisotopic (exact) mass is 352 g/mol. The Morgan fingerprint density at radius 3 is 2.64 bits per heavy atom. The number of hydrogen-bond donors (Lipinski definition) is 0. The fraction of sp³-hybridized carbons (Fsp3) is 0.350. The summed E-state index contributed by atoms with van der Waals surface area (Å²) in [5.41, 5.74) is 2.69. The second-order valence-corrected chi connectivity index (χ2v) is 7.74. The van der Waals surface area contributed by atoms with Gasteiger partial charge in [0.25, 0.3) is 0 Å². The number of benzene rings is 1. The molecule has 0 amide bonds. The second kappa shape index (κ2) is 6.23. The molecule has 1 atom stereocenters. The average molecular weight is 352 g/mol. The van der Waals surface area contributed by atoms with Gasteiger partial charge in [-0.05, 0) is 45.1 Å². The van der Waals surface area contributed by atoms with Gasteiger partial charge in [0.2, 0.25) is 0 Å². The van der Waals surface area contributed by atoms with E-state index in [1.807, 2.05) is 30.3 Å². The van der Waals surface area contributed by atoms with Gasteiger partial charge in [0, 0.05) is 15.8 Å². The Morgan fingerprint density at radius 1 is 1.20 bits per heavy atom. The Kier molecular flexibility index (Phi) is 4.04. The third-order valence-corrected chi connectivity index (χ3v) is 6.34. The van der Waals surface area contributed by atoms with Gasteiger partial charge < -0.3 is 0 Å². The van der Waals surface area contributed by atoms with E-state index >= 15 is 0 Å². The van der Waals surface area contributed by atoms with Gasteiger partial charge in [-0.3, -0.25) is 9.36 Å². The second-order valence-electron chi connectivity index (χ2n) is 6.66. The van der Waals surface area contributed by atoms with Gasteiger partial charge in [0.1, 0.15) is 4.83 Å². The molecule has 0 aliphatic heterocycles. The van der Waals surface area contributed by atoms with Crippen molar-refractivity contribution in [1.29, 1.82) is 0 Å². The van der Waals surface area contributed by atoms with Crippen LogP contribution < -0.4 is 5.69 Å². The summed E-state index contributed by atoms with van der Waals surface area (Å²) in [6.07, 6.45) is 4.41. The Hall–Kier alpha value is -2.27. The molecule has 128 valence electrons. The van der Waals surface area contributed by atoms with E-state index in [-0.39, 0.29) is 11.5 Å². The SMILES string of the molecule is CC(=O)C(C)n1c(=O)nc(-c2ccccc2)c2c3c(sc21)CCCC3. The predicted molar refractivity (Wildman–Crippen MR) is 101 cm³/mol. The van der Waals surface area contributed by atoms with Crippen LogP contribution in [0.5, 0.6) is 0 Å². The summed E-state index contributed by atoms with van der Waals surface area (Å²) < 4.78 is 1.59. The highest BCUT2D eigenvalue weighted by atomic mass is 32.1. The van der Waals surface area contributed by atoms with Crippen LogP contribution in [-0.2, 0) is 17.6 Å². The standard InChI is InChI=1S/C20H20N2O2S/c1-12(13(2)23)22-19-17(15-10-6-7-11-16(15)25-19)18(21-20(22)24)14-8-4-3-5-9-14/h3-5,8-9,12H,6-7,10-11H2,1-2H3. The zero-order valence-corrected chi connectivity index (χ0v) is 15.2. The molecular weight excluding hydrogens is 332 g/mol. The average Bonchev–Trinajstić information content (AvgIpc) is 3.00. The molecule has 1 aliphatic carbocycles. The highest BCUT2D eigenvalue weighted by Crippen LogP contribution is 2.40. The number of Topliss-reactive ketones (excluding diaryl/α,β-unsaturated/α-hetero) is 1. The third kappa shape index (κ3) is 2.63. The summed E-state index contributed by atoms with van der Waals surface area (Å²) in [6, 6.07) is 9.38. The summed E-state index contributed by atoms with van der Waals surface area (Å²) in [5.74, 6) is -0.0240. The molecule has 5 heteroatoms. The summed E-state index contributed by atoms with van der Waals surface area (Å²) in [6.45, 7) is 3.31. The molecule has 0 saturated heterocycles. The van der Waals surface area contributed by atoms with E-state index in [1.54, 1.807) is 22.8 Å². The third-order valence-electron chi connectivity index (χ3n) is 5.04. The number of carbonyl (C=O) groups excluding carboxylic acids is 1. The number of nitrogens with zero attached hydrogens (tertiary/aromatic N) is 2. The van der Waals surface area contributed by atoms with Gasteiger partial charge in [0.05, 0.1) is 11.7 Å². The lowest BCUT2D eigenvalue weighted by Crippen LogP contribution is -2.29. The molecule has 0 N–H and O–H groups in total. The van der Waals surface area contributed by atoms with Crippen molar-refractivity contribution in [2.45, 2.75) is 45.6 Å². The van der Waals surface area contributed by atoms with Crippen LogP contribution in [0.3, 0.4) is 0 Å². The van der Waals surface area contributed by atoms with E-state index in [1.165, 1.54) is 23.8 Å². The first-order chi connectivity index (χ1) is 12.1. The molecule has 2 heterocycles. The minimum atomic E-state index is -0.493. The minimum absolute atomic E-state index is 0.0240. The maximum absolute atomic E-state index is 12.8. The molecule has 0 spiro atoms. The maximum Gasteiger partial charge on any atom is 0.349 e. The molecular formula is C20H20N2O2S. The van der Waals surface area contributed by atoms with E-state index in [4.69, 9.17) is 0 Å². The first kappa shape index (κ1) is 16.2. The largest absolute Gasteiger partial charge is 0.349 e. The Balaban J connectivity index is 2.11. The molecule has 1 aliphatic rings. The van der Waals surface area contributed by atoms with Gasteiger partial charge in [-0.2, -0.15) is 4.98 Å². The quantitative estimate of drug-likeness (QED) is 0.711. The number of aromatic nitrogens is 2. The molecule has 0 fully saturated rings. The molecule has 0 bridgehead atoms. The van der Waals surface area contributed by atoms with Crippen molar-refractivity contribution in [3.8, 4) is 11.3 Å². The Bertz CT molecular complexity index is 1020. The summed E-state index contributed by atoms with van der Waals surface area (Å²) in [4.78, 5) is 31.4. The zero-order chi connectivity index (χ0) is 17.6. The van der Waals surface area contributed by atoms with Crippen molar-refractivity contribution in [2.24, 2.45) is 0 Å². The number of thiophene rings is 1. The Morgan fingerprint density at radius 2 is 1.92 bits per heavy atom. The first-order valence-electron chi connectivity index (χ1n) is 8.70. The van der Waals surface area contributed by atoms with Crippen LogP contribution in [0.1, 0.15) is 43.2 Å². The summed E-state index contributed by atoms with van der Waals surface area (Å²) in [7, 11) is 0. The van der Waals surface area contributed by atoms with Crippen LogP contribution in [0.15, 0.2) is 35.1 Å². The predicted octanol–water partition coefficient (Wildman–Crippen LogP) is 4.15. The molecule has 3 aromatic rings. The number of fused-ring (bicyclic) bond motifs is 3. The van der Waals surface area contributed by atoms with Crippen molar-refractivity contribution in [2.75, 3.05) is 0 Å². The number of rotatable bonds is 3. The molecule has 2 aromatic heterocycles. The normalized spacial score (nSPS) is 15.1. The molecule has 1 unspecified atom stereocenters. The van der Waals surface area contributed by atoms with Crippen LogP contribution in [-0.4, -0.2) is 15.3 Å². The van der Waals surface area contributed by atoms with E-state index in [9.17, 15) is 9.59 Å². The fourth-order valence-electron chi connectivity index (χ4n) is 3.59. The van der Waals surface area contributed by atoms with Gasteiger partial charge in [-0.1, -0.05) is 30.3 Å². The lowest BCUT2D eigenvalue weighted by molar-refractivity contribution is -0.119. The summed E-state index contributed by atoms with van der Waals surface area (Å²) in [5, 5.41) is 1.07. The maximum atomic E-state index is 12.8. The van der Waals surface area contributed by atoms with Gasteiger partial charge in [0.15, 0.2) is 5.78 Å². The highest BCUT2D eigenvalue weighted by molar-refractivity contribution is 7.19. The van der Waals surface area contributed by atoms with E-state index in [0.717, 1.165) is 40.7 Å².